The third kappa shape index (κ3) is 2.80. The van der Waals surface area contributed by atoms with E-state index < -0.39 is 0 Å². The summed E-state index contributed by atoms with van der Waals surface area (Å²) >= 11 is 6.25. The second-order valence-electron chi connectivity index (χ2n) is 7.10. The number of benzene rings is 2. The van der Waals surface area contributed by atoms with Crippen molar-refractivity contribution in [2.24, 2.45) is 0 Å². The molecule has 0 amide bonds. The number of aromatic nitrogens is 6. The third-order valence-corrected chi connectivity index (χ3v) is 5.42. The van der Waals surface area contributed by atoms with Crippen LogP contribution < -0.4 is 5.73 Å². The van der Waals surface area contributed by atoms with E-state index in [0.717, 1.165) is 27.7 Å². The molecule has 0 aliphatic rings. The van der Waals surface area contributed by atoms with Crippen molar-refractivity contribution in [2.45, 2.75) is 19.9 Å². The molecule has 5 rings (SSSR count). The number of rotatable bonds is 3. The van der Waals surface area contributed by atoms with Gasteiger partial charge in [-0.3, -0.25) is 0 Å². The number of fused-ring (bicyclic) bond motifs is 2. The topological polar surface area (TPSA) is 87.4 Å². The van der Waals surface area contributed by atoms with Gasteiger partial charge in [0.25, 0.3) is 0 Å². The van der Waals surface area contributed by atoms with E-state index >= 15 is 0 Å². The van der Waals surface area contributed by atoms with E-state index in [0.29, 0.717) is 22.2 Å². The van der Waals surface area contributed by atoms with Crippen molar-refractivity contribution in [1.82, 2.24) is 29.5 Å². The van der Waals surface area contributed by atoms with Crippen LogP contribution in [0.1, 0.15) is 24.4 Å². The Kier molecular flexibility index (Phi) is 4.18. The maximum absolute atomic E-state index is 13.9. The van der Waals surface area contributed by atoms with Crippen molar-refractivity contribution < 1.29 is 4.39 Å². The van der Waals surface area contributed by atoms with Crippen molar-refractivity contribution in [1.29, 1.82) is 0 Å². The van der Waals surface area contributed by atoms with Gasteiger partial charge in [0.1, 0.15) is 18.0 Å². The normalized spacial score (nSPS) is 12.7. The fourth-order valence-electron chi connectivity index (χ4n) is 3.78. The maximum atomic E-state index is 13.9. The van der Waals surface area contributed by atoms with Gasteiger partial charge in [0.2, 0.25) is 0 Å². The number of nitrogen functional groups attached to an aromatic ring is 1. The van der Waals surface area contributed by atoms with E-state index in [-0.39, 0.29) is 11.9 Å². The highest BCUT2D eigenvalue weighted by Gasteiger charge is 2.23. The molecule has 2 N–H and O–H groups in total. The smallest absolute Gasteiger partial charge is 0.164 e. The summed E-state index contributed by atoms with van der Waals surface area (Å²) in [5, 5.41) is 11.6. The van der Waals surface area contributed by atoms with Crippen LogP contribution in [0.15, 0.2) is 48.8 Å². The highest BCUT2D eigenvalue weighted by Crippen LogP contribution is 2.32. The van der Waals surface area contributed by atoms with Gasteiger partial charge in [-0.25, -0.2) is 23.7 Å². The Balaban J connectivity index is 1.75. The summed E-state index contributed by atoms with van der Waals surface area (Å²) in [7, 11) is 0. The Labute approximate surface area is 175 Å². The third-order valence-electron chi connectivity index (χ3n) is 5.18. The monoisotopic (exact) mass is 421 g/mol. The minimum absolute atomic E-state index is 0.269. The van der Waals surface area contributed by atoms with Crippen LogP contribution in [0.3, 0.4) is 0 Å². The molecule has 0 bridgehead atoms. The molecular formula is C21H17ClFN7. The number of aryl methyl sites for hydroxylation is 1. The first-order chi connectivity index (χ1) is 14.4. The molecule has 0 spiro atoms. The molecule has 3 heterocycles. The summed E-state index contributed by atoms with van der Waals surface area (Å²) in [6, 6.07) is 11.5. The Morgan fingerprint density at radius 3 is 2.73 bits per heavy atom. The molecule has 0 fully saturated rings. The predicted molar refractivity (Wildman–Crippen MR) is 114 cm³/mol. The van der Waals surface area contributed by atoms with E-state index in [4.69, 9.17) is 22.4 Å². The molecule has 150 valence electrons. The molecular weight excluding hydrogens is 405 g/mol. The van der Waals surface area contributed by atoms with E-state index in [2.05, 4.69) is 15.1 Å². The van der Waals surface area contributed by atoms with Crippen LogP contribution in [0, 0.1) is 12.7 Å². The summed E-state index contributed by atoms with van der Waals surface area (Å²) in [6.07, 6.45) is 1.42. The number of nitrogens with two attached hydrogens (primary N) is 1. The first-order valence-electron chi connectivity index (χ1n) is 9.33. The Hall–Kier alpha value is -3.52. The molecule has 30 heavy (non-hydrogen) atoms. The number of nitrogens with zero attached hydrogens (tertiary/aromatic N) is 6. The summed E-state index contributed by atoms with van der Waals surface area (Å²) in [5.41, 5.74) is 9.55. The SMILES string of the molecule is Cc1nn(C(C)c2nn(-c3cccc(F)c3)c3cc(Cl)ccc23)c2ncnc(N)c12. The second-order valence-corrected chi connectivity index (χ2v) is 7.54. The van der Waals surface area contributed by atoms with E-state index in [9.17, 15) is 4.39 Å². The predicted octanol–water partition coefficient (Wildman–Crippen LogP) is 4.46. The average Bonchev–Trinajstić information content (AvgIpc) is 3.26. The first kappa shape index (κ1) is 18.5. The van der Waals surface area contributed by atoms with Crippen molar-refractivity contribution in [3.8, 4) is 5.69 Å². The van der Waals surface area contributed by atoms with Crippen molar-refractivity contribution >= 4 is 39.4 Å². The molecule has 9 heteroatoms. The van der Waals surface area contributed by atoms with Gasteiger partial charge in [0.15, 0.2) is 5.65 Å². The molecule has 0 saturated carbocycles. The molecule has 0 radical (unpaired) electrons. The van der Waals surface area contributed by atoms with Crippen LogP contribution in [0.2, 0.25) is 5.02 Å². The minimum Gasteiger partial charge on any atom is -0.383 e. The van der Waals surface area contributed by atoms with Crippen LogP contribution in [-0.2, 0) is 0 Å². The summed E-state index contributed by atoms with van der Waals surface area (Å²) in [6.45, 7) is 3.85. The van der Waals surface area contributed by atoms with Crippen LogP contribution in [-0.4, -0.2) is 29.5 Å². The van der Waals surface area contributed by atoms with E-state index in [1.165, 1.54) is 18.5 Å². The van der Waals surface area contributed by atoms with Crippen molar-refractivity contribution in [3.63, 3.8) is 0 Å². The van der Waals surface area contributed by atoms with Crippen molar-refractivity contribution in [3.05, 3.63) is 71.0 Å². The average molecular weight is 422 g/mol. The zero-order valence-corrected chi connectivity index (χ0v) is 17.0. The lowest BCUT2D eigenvalue weighted by molar-refractivity contribution is 0.558. The lowest BCUT2D eigenvalue weighted by atomic mass is 10.1. The summed E-state index contributed by atoms with van der Waals surface area (Å²) in [5.74, 6) is 0.0477. The largest absolute Gasteiger partial charge is 0.383 e. The van der Waals surface area contributed by atoms with E-state index in [1.54, 1.807) is 21.5 Å². The first-order valence-corrected chi connectivity index (χ1v) is 9.71. The quantitative estimate of drug-likeness (QED) is 0.464. The second kappa shape index (κ2) is 6.77. The molecule has 3 aromatic heterocycles. The van der Waals surface area contributed by atoms with Crippen LogP contribution in [0.25, 0.3) is 27.6 Å². The van der Waals surface area contributed by atoms with Gasteiger partial charge < -0.3 is 5.73 Å². The number of hydrogen-bond acceptors (Lipinski definition) is 5. The highest BCUT2D eigenvalue weighted by atomic mass is 35.5. The fourth-order valence-corrected chi connectivity index (χ4v) is 3.95. The van der Waals surface area contributed by atoms with Gasteiger partial charge in [-0.1, -0.05) is 17.7 Å². The Morgan fingerprint density at radius 1 is 1.10 bits per heavy atom. The Morgan fingerprint density at radius 2 is 1.93 bits per heavy atom. The van der Waals surface area contributed by atoms with Gasteiger partial charge in [-0.05, 0) is 50.2 Å². The zero-order valence-electron chi connectivity index (χ0n) is 16.2. The molecule has 0 aliphatic heterocycles. The molecule has 1 atom stereocenters. The molecule has 0 aliphatic carbocycles. The van der Waals surface area contributed by atoms with Gasteiger partial charge >= 0.3 is 0 Å². The lowest BCUT2D eigenvalue weighted by Crippen LogP contribution is -2.11. The van der Waals surface area contributed by atoms with Crippen LogP contribution in [0.5, 0.6) is 0 Å². The molecule has 5 aromatic rings. The fraction of sp³-hybridized carbons (Fsp3) is 0.143. The highest BCUT2D eigenvalue weighted by molar-refractivity contribution is 6.31. The van der Waals surface area contributed by atoms with Gasteiger partial charge in [-0.2, -0.15) is 10.2 Å². The number of halogens is 2. The molecule has 0 saturated heterocycles. The standard InChI is InChI=1S/C21H17ClFN7/c1-11-18-20(24)25-10-26-21(18)29(27-11)12(2)19-16-7-6-13(22)8-17(16)30(28-19)15-5-3-4-14(23)9-15/h3-10,12H,1-2H3,(H2,24,25,26). The van der Waals surface area contributed by atoms with Gasteiger partial charge in [0, 0.05) is 10.4 Å². The molecule has 1 unspecified atom stereocenters. The van der Waals surface area contributed by atoms with Gasteiger partial charge in [0.05, 0.1) is 34.0 Å². The lowest BCUT2D eigenvalue weighted by Gasteiger charge is -2.11. The molecule has 7 nitrogen and oxygen atoms in total. The minimum atomic E-state index is -0.339. The van der Waals surface area contributed by atoms with Crippen molar-refractivity contribution in [2.75, 3.05) is 5.73 Å². The van der Waals surface area contributed by atoms with Gasteiger partial charge in [-0.15, -0.1) is 0 Å². The maximum Gasteiger partial charge on any atom is 0.164 e. The zero-order chi connectivity index (χ0) is 21.0. The van der Waals surface area contributed by atoms with E-state index in [1.807, 2.05) is 32.0 Å². The Bertz CT molecular complexity index is 1420. The number of anilines is 1. The summed E-state index contributed by atoms with van der Waals surface area (Å²) < 4.78 is 17.3. The molecule has 2 aromatic carbocycles. The number of hydrogen-bond donors (Lipinski definition) is 1. The van der Waals surface area contributed by atoms with Crippen LogP contribution in [0.4, 0.5) is 10.2 Å². The van der Waals surface area contributed by atoms with Crippen LogP contribution >= 0.6 is 11.6 Å². The summed E-state index contributed by atoms with van der Waals surface area (Å²) in [4.78, 5) is 8.45.